The quantitative estimate of drug-likeness (QED) is 0.857. The van der Waals surface area contributed by atoms with Crippen LogP contribution in [-0.4, -0.2) is 6.54 Å². The Bertz CT molecular complexity index is 574. The molecule has 2 rings (SSSR count). The van der Waals surface area contributed by atoms with E-state index in [1.54, 1.807) is 12.1 Å². The number of rotatable bonds is 4. The molecule has 1 aromatic carbocycles. The molecule has 20 heavy (non-hydrogen) atoms. The van der Waals surface area contributed by atoms with Gasteiger partial charge in [0.25, 0.3) is 0 Å². The highest BCUT2D eigenvalue weighted by atomic mass is 32.1. The second-order valence-corrected chi connectivity index (χ2v) is 5.49. The minimum atomic E-state index is -4.34. The van der Waals surface area contributed by atoms with E-state index in [0.29, 0.717) is 6.54 Å². The zero-order valence-electron chi connectivity index (χ0n) is 11.3. The molecule has 0 amide bonds. The monoisotopic (exact) mass is 299 g/mol. The normalized spacial score (nSPS) is 13.4. The fourth-order valence-corrected chi connectivity index (χ4v) is 3.25. The van der Waals surface area contributed by atoms with Gasteiger partial charge in [-0.15, -0.1) is 11.3 Å². The Hall–Kier alpha value is -1.33. The minimum Gasteiger partial charge on any atom is -0.306 e. The molecule has 108 valence electrons. The van der Waals surface area contributed by atoms with Gasteiger partial charge in [0.05, 0.1) is 11.6 Å². The van der Waals surface area contributed by atoms with Crippen LogP contribution in [0.5, 0.6) is 0 Å². The van der Waals surface area contributed by atoms with Gasteiger partial charge in [-0.25, -0.2) is 0 Å². The maximum Gasteiger partial charge on any atom is 0.416 e. The highest BCUT2D eigenvalue weighted by Gasteiger charge is 2.35. The molecule has 2 aromatic rings. The Morgan fingerprint density at radius 1 is 1.20 bits per heavy atom. The summed E-state index contributed by atoms with van der Waals surface area (Å²) in [4.78, 5) is 0.934. The lowest BCUT2D eigenvalue weighted by Gasteiger charge is -2.22. The summed E-state index contributed by atoms with van der Waals surface area (Å²) in [6.07, 6.45) is -4.34. The Morgan fingerprint density at radius 3 is 2.45 bits per heavy atom. The maximum absolute atomic E-state index is 13.2. The van der Waals surface area contributed by atoms with Gasteiger partial charge in [-0.05, 0) is 42.1 Å². The van der Waals surface area contributed by atoms with Crippen LogP contribution in [0, 0.1) is 6.92 Å². The van der Waals surface area contributed by atoms with Gasteiger partial charge in [0.2, 0.25) is 0 Å². The van der Waals surface area contributed by atoms with Crippen LogP contribution in [0.4, 0.5) is 13.2 Å². The summed E-state index contributed by atoms with van der Waals surface area (Å²) < 4.78 is 39.5. The molecule has 0 aliphatic carbocycles. The van der Waals surface area contributed by atoms with Crippen LogP contribution in [-0.2, 0) is 6.18 Å². The fraction of sp³-hybridized carbons (Fsp3) is 0.333. The Balaban J connectivity index is 2.54. The number of nitrogens with one attached hydrogen (secondary N) is 1. The molecule has 0 radical (unpaired) electrons. The van der Waals surface area contributed by atoms with E-state index in [9.17, 15) is 13.2 Å². The predicted octanol–water partition coefficient (Wildman–Crippen LogP) is 4.77. The average Bonchev–Trinajstić information content (AvgIpc) is 2.81. The molecular formula is C15H16F3NS. The molecule has 5 heteroatoms. The second kappa shape index (κ2) is 5.97. The van der Waals surface area contributed by atoms with E-state index in [1.165, 1.54) is 17.4 Å². The van der Waals surface area contributed by atoms with E-state index in [1.807, 2.05) is 25.3 Å². The highest BCUT2D eigenvalue weighted by Crippen LogP contribution is 2.38. The molecule has 1 atom stereocenters. The Kier molecular flexibility index (Phi) is 4.50. The van der Waals surface area contributed by atoms with Gasteiger partial charge >= 0.3 is 6.18 Å². The number of aryl methyl sites for hydroxylation is 1. The lowest BCUT2D eigenvalue weighted by molar-refractivity contribution is -0.138. The van der Waals surface area contributed by atoms with E-state index < -0.39 is 17.8 Å². The number of hydrogen-bond donors (Lipinski definition) is 1. The fourth-order valence-electron chi connectivity index (χ4n) is 2.24. The van der Waals surface area contributed by atoms with Crippen molar-refractivity contribution in [3.8, 4) is 0 Å². The van der Waals surface area contributed by atoms with Crippen LogP contribution in [0.25, 0.3) is 0 Å². The Labute approximate surface area is 120 Å². The summed E-state index contributed by atoms with van der Waals surface area (Å²) in [7, 11) is 0. The summed E-state index contributed by atoms with van der Waals surface area (Å²) >= 11 is 1.48. The highest BCUT2D eigenvalue weighted by molar-refractivity contribution is 7.10. The topological polar surface area (TPSA) is 12.0 Å². The van der Waals surface area contributed by atoms with Crippen molar-refractivity contribution in [3.63, 3.8) is 0 Å². The van der Waals surface area contributed by atoms with Crippen LogP contribution in [0.2, 0.25) is 0 Å². The molecule has 1 unspecified atom stereocenters. The van der Waals surface area contributed by atoms with Crippen LogP contribution in [0.15, 0.2) is 35.7 Å². The van der Waals surface area contributed by atoms with Gasteiger partial charge in [-0.2, -0.15) is 13.2 Å². The zero-order chi connectivity index (χ0) is 14.8. The molecule has 1 nitrogen and oxygen atoms in total. The van der Waals surface area contributed by atoms with Crippen LogP contribution in [0.1, 0.15) is 34.5 Å². The first-order valence-electron chi connectivity index (χ1n) is 6.38. The third-order valence-corrected chi connectivity index (χ3v) is 4.23. The molecular weight excluding hydrogens is 283 g/mol. The van der Waals surface area contributed by atoms with Crippen molar-refractivity contribution in [3.05, 3.63) is 57.3 Å². The van der Waals surface area contributed by atoms with Gasteiger partial charge < -0.3 is 5.32 Å². The van der Waals surface area contributed by atoms with Crippen molar-refractivity contribution < 1.29 is 13.2 Å². The van der Waals surface area contributed by atoms with Crippen molar-refractivity contribution in [2.24, 2.45) is 0 Å². The van der Waals surface area contributed by atoms with E-state index >= 15 is 0 Å². The standard InChI is InChI=1S/C15H16F3NS/c1-3-19-13(14-10(2)8-9-20-14)11-6-4-5-7-12(11)15(16,17)18/h4-9,13,19H,3H2,1-2H3. The number of alkyl halides is 3. The zero-order valence-corrected chi connectivity index (χ0v) is 12.1. The molecule has 0 fully saturated rings. The van der Waals surface area contributed by atoms with Gasteiger partial charge in [-0.3, -0.25) is 0 Å². The van der Waals surface area contributed by atoms with Crippen LogP contribution in [0.3, 0.4) is 0 Å². The number of hydrogen-bond acceptors (Lipinski definition) is 2. The van der Waals surface area contributed by atoms with Crippen molar-refractivity contribution in [2.45, 2.75) is 26.1 Å². The number of thiophene rings is 1. The molecule has 1 heterocycles. The third-order valence-electron chi connectivity index (χ3n) is 3.15. The minimum absolute atomic E-state index is 0.285. The molecule has 0 aliphatic heterocycles. The van der Waals surface area contributed by atoms with Gasteiger partial charge in [0.1, 0.15) is 0 Å². The van der Waals surface area contributed by atoms with Crippen LogP contribution >= 0.6 is 11.3 Å². The molecule has 0 saturated carbocycles. The summed E-state index contributed by atoms with van der Waals surface area (Å²) in [5.41, 5.74) is 0.726. The second-order valence-electron chi connectivity index (χ2n) is 4.54. The molecule has 0 saturated heterocycles. The third kappa shape index (κ3) is 3.04. The summed E-state index contributed by atoms with van der Waals surface area (Å²) in [5.74, 6) is 0. The molecule has 0 bridgehead atoms. The smallest absolute Gasteiger partial charge is 0.306 e. The van der Waals surface area contributed by atoms with Crippen molar-refractivity contribution >= 4 is 11.3 Å². The lowest BCUT2D eigenvalue weighted by Crippen LogP contribution is -2.24. The first-order valence-corrected chi connectivity index (χ1v) is 7.26. The molecule has 1 N–H and O–H groups in total. The summed E-state index contributed by atoms with van der Waals surface area (Å²) in [5, 5.41) is 5.07. The van der Waals surface area contributed by atoms with E-state index in [2.05, 4.69) is 5.32 Å². The lowest BCUT2D eigenvalue weighted by atomic mass is 9.97. The van der Waals surface area contributed by atoms with Gasteiger partial charge in [0, 0.05) is 4.88 Å². The molecule has 0 aliphatic rings. The average molecular weight is 299 g/mol. The van der Waals surface area contributed by atoms with Crippen LogP contribution < -0.4 is 5.32 Å². The van der Waals surface area contributed by atoms with E-state index in [0.717, 1.165) is 16.5 Å². The first-order chi connectivity index (χ1) is 9.45. The Morgan fingerprint density at radius 2 is 1.90 bits per heavy atom. The van der Waals surface area contributed by atoms with Gasteiger partial charge in [0.15, 0.2) is 0 Å². The summed E-state index contributed by atoms with van der Waals surface area (Å²) in [6.45, 7) is 4.42. The number of halogens is 3. The SMILES string of the molecule is CCNC(c1ccccc1C(F)(F)F)c1sccc1C. The maximum atomic E-state index is 13.2. The molecule has 1 aromatic heterocycles. The van der Waals surface area contributed by atoms with Crippen molar-refractivity contribution in [1.29, 1.82) is 0 Å². The first kappa shape index (κ1) is 15.1. The summed E-state index contributed by atoms with van der Waals surface area (Å²) in [6, 6.07) is 7.28. The predicted molar refractivity (Wildman–Crippen MR) is 76.0 cm³/mol. The van der Waals surface area contributed by atoms with Crippen molar-refractivity contribution in [1.82, 2.24) is 5.32 Å². The van der Waals surface area contributed by atoms with Gasteiger partial charge in [-0.1, -0.05) is 25.1 Å². The largest absolute Gasteiger partial charge is 0.416 e. The van der Waals surface area contributed by atoms with Crippen molar-refractivity contribution in [2.75, 3.05) is 6.54 Å². The van der Waals surface area contributed by atoms with E-state index in [-0.39, 0.29) is 5.56 Å². The van der Waals surface area contributed by atoms with E-state index in [4.69, 9.17) is 0 Å². The molecule has 0 spiro atoms. The number of benzene rings is 1.